The lowest BCUT2D eigenvalue weighted by atomic mass is 9.72. The van der Waals surface area contributed by atoms with Crippen molar-refractivity contribution in [3.63, 3.8) is 0 Å². The van der Waals surface area contributed by atoms with Crippen LogP contribution in [0.2, 0.25) is 0 Å². The van der Waals surface area contributed by atoms with E-state index in [9.17, 15) is 9.59 Å². The van der Waals surface area contributed by atoms with E-state index in [0.29, 0.717) is 31.1 Å². The summed E-state index contributed by atoms with van der Waals surface area (Å²) in [5.41, 5.74) is 5.81. The van der Waals surface area contributed by atoms with E-state index in [1.807, 2.05) is 26.0 Å². The van der Waals surface area contributed by atoms with Crippen LogP contribution in [-0.2, 0) is 11.2 Å². The van der Waals surface area contributed by atoms with E-state index in [1.54, 1.807) is 6.07 Å². The zero-order valence-corrected chi connectivity index (χ0v) is 18.9. The molecular weight excluding hydrogens is 422 g/mol. The summed E-state index contributed by atoms with van der Waals surface area (Å²) in [6, 6.07) is 7.82. The summed E-state index contributed by atoms with van der Waals surface area (Å²) in [7, 11) is 0. The van der Waals surface area contributed by atoms with Crippen LogP contribution in [0.3, 0.4) is 0 Å². The third-order valence-electron chi connectivity index (χ3n) is 6.86. The number of aromatic nitrogens is 2. The Morgan fingerprint density at radius 3 is 2.91 bits per heavy atom. The van der Waals surface area contributed by atoms with Gasteiger partial charge in [0, 0.05) is 23.7 Å². The molecule has 1 aliphatic carbocycles. The molecular formula is C24H29N5O4. The molecule has 5 rings (SSSR count). The minimum Gasteiger partial charge on any atom is -0.492 e. The summed E-state index contributed by atoms with van der Waals surface area (Å²) >= 11 is 0. The Hall–Kier alpha value is -3.36. The van der Waals surface area contributed by atoms with Crippen molar-refractivity contribution in [1.82, 2.24) is 20.9 Å². The first-order chi connectivity index (χ1) is 15.9. The summed E-state index contributed by atoms with van der Waals surface area (Å²) < 4.78 is 11.8. The fourth-order valence-electron chi connectivity index (χ4n) is 5.27. The molecule has 33 heavy (non-hydrogen) atoms. The number of para-hydroxylation sites is 1. The summed E-state index contributed by atoms with van der Waals surface area (Å²) in [4.78, 5) is 24.5. The van der Waals surface area contributed by atoms with Gasteiger partial charge in [-0.2, -0.15) is 10.2 Å². The van der Waals surface area contributed by atoms with Gasteiger partial charge in [0.25, 0.3) is 5.91 Å². The van der Waals surface area contributed by atoms with E-state index in [-0.39, 0.29) is 11.9 Å². The molecule has 3 heterocycles. The van der Waals surface area contributed by atoms with Gasteiger partial charge in [0.1, 0.15) is 17.2 Å². The minimum absolute atomic E-state index is 0.0167. The zero-order valence-electron chi connectivity index (χ0n) is 18.9. The number of benzene rings is 1. The maximum absolute atomic E-state index is 12.4. The number of aromatic amines is 1. The number of carbonyl (C=O) groups is 2. The van der Waals surface area contributed by atoms with Gasteiger partial charge in [0.2, 0.25) is 0 Å². The Bertz CT molecular complexity index is 1100. The second kappa shape index (κ2) is 8.53. The van der Waals surface area contributed by atoms with Gasteiger partial charge in [-0.3, -0.25) is 9.89 Å². The highest BCUT2D eigenvalue weighted by Crippen LogP contribution is 2.43. The SMILES string of the molecule is Cc1cc(C(=O)N[C@@H](C)CC2CCC3(CC2)OC(=O)NN=C3c2cccc3c2OCC3)n[nH]1. The van der Waals surface area contributed by atoms with Crippen molar-refractivity contribution in [2.75, 3.05) is 6.61 Å². The molecule has 3 N–H and O–H groups in total. The molecule has 3 aliphatic rings. The molecule has 2 aromatic rings. The molecule has 9 nitrogen and oxygen atoms in total. The van der Waals surface area contributed by atoms with E-state index >= 15 is 0 Å². The van der Waals surface area contributed by atoms with Crippen molar-refractivity contribution >= 4 is 17.7 Å². The average Bonchev–Trinajstić information content (AvgIpc) is 3.44. The number of carbonyl (C=O) groups excluding carboxylic acids is 2. The molecule has 0 bridgehead atoms. The molecule has 0 unspecified atom stereocenters. The first kappa shape index (κ1) is 21.5. The quantitative estimate of drug-likeness (QED) is 0.645. The minimum atomic E-state index is -0.751. The monoisotopic (exact) mass is 451 g/mol. The number of fused-ring (bicyclic) bond motifs is 1. The van der Waals surface area contributed by atoms with Crippen LogP contribution < -0.4 is 15.5 Å². The normalized spacial score (nSPS) is 24.8. The standard InChI is InChI=1S/C24H29N5O4/c1-14(25-22(30)19-13-15(2)26-27-19)12-16-6-9-24(10-7-16)21(28-29-23(31)33-24)18-5-3-4-17-8-11-32-20(17)18/h3-5,13-14,16H,6-12H2,1-2H3,(H,25,30)(H,26,27)(H,29,31)/t14-,16?,24?/m0/s1. The van der Waals surface area contributed by atoms with Gasteiger partial charge >= 0.3 is 6.09 Å². The van der Waals surface area contributed by atoms with Crippen molar-refractivity contribution in [3.8, 4) is 5.75 Å². The molecule has 1 saturated carbocycles. The number of hydrogen-bond acceptors (Lipinski definition) is 6. The molecule has 0 radical (unpaired) electrons. The van der Waals surface area contributed by atoms with E-state index in [4.69, 9.17) is 9.47 Å². The average molecular weight is 452 g/mol. The van der Waals surface area contributed by atoms with E-state index in [1.165, 1.54) is 0 Å². The molecule has 1 aromatic heterocycles. The van der Waals surface area contributed by atoms with E-state index in [2.05, 4.69) is 32.1 Å². The molecule has 9 heteroatoms. The number of ether oxygens (including phenoxy) is 2. The fourth-order valence-corrected chi connectivity index (χ4v) is 5.27. The third kappa shape index (κ3) is 4.19. The smallest absolute Gasteiger partial charge is 0.428 e. The Kier molecular flexibility index (Phi) is 5.55. The number of hydrazone groups is 1. The van der Waals surface area contributed by atoms with Gasteiger partial charge in [-0.15, -0.1) is 0 Å². The lowest BCUT2D eigenvalue weighted by Crippen LogP contribution is -2.52. The number of H-pyrrole nitrogens is 1. The topological polar surface area (TPSA) is 118 Å². The predicted octanol–water partition coefficient (Wildman–Crippen LogP) is 3.23. The van der Waals surface area contributed by atoms with Crippen LogP contribution in [0, 0.1) is 12.8 Å². The summed E-state index contributed by atoms with van der Waals surface area (Å²) in [6.45, 7) is 4.54. The number of amides is 2. The van der Waals surface area contributed by atoms with Gasteiger partial charge in [-0.05, 0) is 69.6 Å². The Morgan fingerprint density at radius 2 is 2.15 bits per heavy atom. The second-order valence-electron chi connectivity index (χ2n) is 9.34. The van der Waals surface area contributed by atoms with Crippen molar-refractivity contribution in [2.45, 2.75) is 64.0 Å². The van der Waals surface area contributed by atoms with Crippen LogP contribution in [0.15, 0.2) is 29.4 Å². The van der Waals surface area contributed by atoms with E-state index in [0.717, 1.165) is 54.0 Å². The van der Waals surface area contributed by atoms with Crippen LogP contribution in [-0.4, -0.2) is 46.2 Å². The summed E-state index contributed by atoms with van der Waals surface area (Å²) in [6.07, 6.45) is 4.35. The van der Waals surface area contributed by atoms with Crippen molar-refractivity contribution in [1.29, 1.82) is 0 Å². The Labute approximate surface area is 192 Å². The van der Waals surface area contributed by atoms with Crippen molar-refractivity contribution < 1.29 is 19.1 Å². The number of aryl methyl sites for hydroxylation is 1. The molecule has 1 atom stereocenters. The molecule has 2 amide bonds. The fraction of sp³-hybridized carbons (Fsp3) is 0.500. The maximum Gasteiger partial charge on any atom is 0.428 e. The highest BCUT2D eigenvalue weighted by Gasteiger charge is 2.47. The molecule has 174 valence electrons. The maximum atomic E-state index is 12.4. The van der Waals surface area contributed by atoms with Crippen molar-refractivity contribution in [2.24, 2.45) is 11.0 Å². The molecule has 1 fully saturated rings. The summed E-state index contributed by atoms with van der Waals surface area (Å²) in [5, 5.41) is 14.3. The lowest BCUT2D eigenvalue weighted by Gasteiger charge is -2.42. The van der Waals surface area contributed by atoms with E-state index < -0.39 is 11.7 Å². The molecule has 1 spiro atoms. The predicted molar refractivity (Wildman–Crippen MR) is 121 cm³/mol. The number of nitrogens with zero attached hydrogens (tertiary/aromatic N) is 2. The first-order valence-corrected chi connectivity index (χ1v) is 11.6. The number of nitrogens with one attached hydrogen (secondary N) is 3. The van der Waals surface area contributed by atoms with Crippen LogP contribution in [0.1, 0.15) is 66.3 Å². The van der Waals surface area contributed by atoms with Crippen LogP contribution in [0.4, 0.5) is 4.79 Å². The largest absolute Gasteiger partial charge is 0.492 e. The molecule has 1 aromatic carbocycles. The van der Waals surface area contributed by atoms with Crippen molar-refractivity contribution in [3.05, 3.63) is 46.8 Å². The van der Waals surface area contributed by atoms with Gasteiger partial charge in [-0.25, -0.2) is 10.2 Å². The molecule has 2 aliphatic heterocycles. The van der Waals surface area contributed by atoms with Gasteiger partial charge < -0.3 is 14.8 Å². The van der Waals surface area contributed by atoms with Crippen LogP contribution in [0.5, 0.6) is 5.75 Å². The van der Waals surface area contributed by atoms with Gasteiger partial charge in [0.05, 0.1) is 6.61 Å². The first-order valence-electron chi connectivity index (χ1n) is 11.6. The van der Waals surface area contributed by atoms with Crippen LogP contribution in [0.25, 0.3) is 0 Å². The zero-order chi connectivity index (χ0) is 23.0. The number of hydrogen-bond donors (Lipinski definition) is 3. The second-order valence-corrected chi connectivity index (χ2v) is 9.34. The van der Waals surface area contributed by atoms with Gasteiger partial charge in [0.15, 0.2) is 5.60 Å². The highest BCUT2D eigenvalue weighted by molar-refractivity contribution is 6.11. The highest BCUT2D eigenvalue weighted by atomic mass is 16.6. The van der Waals surface area contributed by atoms with Gasteiger partial charge in [-0.1, -0.05) is 12.1 Å². The molecule has 0 saturated heterocycles. The Balaban J connectivity index is 1.26. The third-order valence-corrected chi connectivity index (χ3v) is 6.86. The van der Waals surface area contributed by atoms with Crippen LogP contribution >= 0.6 is 0 Å². The summed E-state index contributed by atoms with van der Waals surface area (Å²) in [5.74, 6) is 1.10. The lowest BCUT2D eigenvalue weighted by molar-refractivity contribution is 0.0153. The Morgan fingerprint density at radius 1 is 1.33 bits per heavy atom. The number of rotatable bonds is 5.